The molecule has 1 amide bonds. The fraction of sp³-hybridized carbons (Fsp3) is 0.222. The van der Waals surface area contributed by atoms with Gasteiger partial charge >= 0.3 is 0 Å². The van der Waals surface area contributed by atoms with E-state index < -0.39 is 5.92 Å². The number of aromatic nitrogens is 1. The lowest BCUT2D eigenvalue weighted by Crippen LogP contribution is -2.37. The quantitative estimate of drug-likeness (QED) is 0.548. The van der Waals surface area contributed by atoms with Crippen molar-refractivity contribution in [3.8, 4) is 11.5 Å². The maximum Gasteiger partial charge on any atom is 0.255 e. The number of carbonyl (C=O) groups excluding carboxylic acids is 2. The molecule has 0 spiro atoms. The molecule has 2 N–H and O–H groups in total. The van der Waals surface area contributed by atoms with Gasteiger partial charge < -0.3 is 20.1 Å². The lowest BCUT2D eigenvalue weighted by Gasteiger charge is -2.36. The van der Waals surface area contributed by atoms with E-state index in [0.717, 1.165) is 23.4 Å². The highest BCUT2D eigenvalue weighted by molar-refractivity contribution is 7.10. The average Bonchev–Trinajstić information content (AvgIpc) is 3.55. The number of thiophene rings is 1. The van der Waals surface area contributed by atoms with Gasteiger partial charge in [-0.25, -0.2) is 4.98 Å². The van der Waals surface area contributed by atoms with E-state index in [2.05, 4.69) is 21.7 Å². The third-order valence-electron chi connectivity index (χ3n) is 6.65. The summed E-state index contributed by atoms with van der Waals surface area (Å²) in [7, 11) is 0. The Kier molecular flexibility index (Phi) is 5.37. The van der Waals surface area contributed by atoms with Gasteiger partial charge in [0, 0.05) is 51.9 Å². The highest BCUT2D eigenvalue weighted by Gasteiger charge is 2.41. The predicted molar refractivity (Wildman–Crippen MR) is 132 cm³/mol. The van der Waals surface area contributed by atoms with E-state index >= 15 is 0 Å². The van der Waals surface area contributed by atoms with Crippen LogP contribution in [-0.2, 0) is 9.59 Å². The molecule has 0 fully saturated rings. The molecule has 176 valence electrons. The number of rotatable bonds is 4. The number of dihydropyridines is 1. The summed E-state index contributed by atoms with van der Waals surface area (Å²) in [4.78, 5) is 32.7. The van der Waals surface area contributed by atoms with Crippen LogP contribution in [-0.4, -0.2) is 23.5 Å². The highest BCUT2D eigenvalue weighted by Crippen LogP contribution is 2.47. The first kappa shape index (κ1) is 21.6. The van der Waals surface area contributed by atoms with Gasteiger partial charge in [-0.15, -0.1) is 11.3 Å². The number of benzene rings is 1. The van der Waals surface area contributed by atoms with Crippen molar-refractivity contribution in [2.24, 2.45) is 0 Å². The van der Waals surface area contributed by atoms with Crippen LogP contribution >= 0.6 is 11.3 Å². The second-order valence-corrected chi connectivity index (χ2v) is 9.79. The number of Topliss-reactive ketones (excluding diaryl/α,β-unsaturated/α-hetero) is 1. The smallest absolute Gasteiger partial charge is 0.255 e. The van der Waals surface area contributed by atoms with E-state index in [4.69, 9.17) is 9.47 Å². The molecule has 0 saturated heterocycles. The zero-order valence-corrected chi connectivity index (χ0v) is 19.9. The molecular formula is C27H23N3O4S. The van der Waals surface area contributed by atoms with E-state index in [1.54, 1.807) is 29.7 Å². The number of amides is 1. The summed E-state index contributed by atoms with van der Waals surface area (Å²) in [6.45, 7) is 2.04. The summed E-state index contributed by atoms with van der Waals surface area (Å²) in [5.74, 6) is 1.08. The van der Waals surface area contributed by atoms with Crippen molar-refractivity contribution >= 4 is 28.8 Å². The minimum atomic E-state index is -0.527. The summed E-state index contributed by atoms with van der Waals surface area (Å²) >= 11 is 1.67. The molecule has 0 bridgehead atoms. The molecule has 1 aromatic carbocycles. The van der Waals surface area contributed by atoms with Crippen molar-refractivity contribution in [1.29, 1.82) is 0 Å². The molecular weight excluding hydrogens is 462 g/mol. The van der Waals surface area contributed by atoms with Gasteiger partial charge in [-0.3, -0.25) is 9.59 Å². The number of fused-ring (bicyclic) bond motifs is 1. The molecule has 8 heteroatoms. The zero-order chi connectivity index (χ0) is 23.9. The molecule has 0 unspecified atom stereocenters. The second kappa shape index (κ2) is 8.70. The molecule has 1 aliphatic carbocycles. The van der Waals surface area contributed by atoms with Gasteiger partial charge in [0.25, 0.3) is 5.91 Å². The van der Waals surface area contributed by atoms with E-state index in [-0.39, 0.29) is 24.4 Å². The van der Waals surface area contributed by atoms with Crippen LogP contribution in [0.2, 0.25) is 0 Å². The van der Waals surface area contributed by atoms with Gasteiger partial charge in [0.15, 0.2) is 17.3 Å². The summed E-state index contributed by atoms with van der Waals surface area (Å²) in [5.41, 5.74) is 3.56. The van der Waals surface area contributed by atoms with Gasteiger partial charge in [-0.2, -0.15) is 0 Å². The van der Waals surface area contributed by atoms with Gasteiger partial charge in [-0.05, 0) is 54.6 Å². The minimum Gasteiger partial charge on any atom is -0.454 e. The number of ketones is 1. The van der Waals surface area contributed by atoms with Crippen LogP contribution in [0.5, 0.6) is 11.5 Å². The molecule has 0 saturated carbocycles. The third kappa shape index (κ3) is 3.89. The number of carbonyl (C=O) groups is 2. The number of pyridine rings is 1. The zero-order valence-electron chi connectivity index (χ0n) is 19.0. The number of ether oxygens (including phenoxy) is 2. The van der Waals surface area contributed by atoms with Crippen LogP contribution < -0.4 is 20.1 Å². The lowest BCUT2D eigenvalue weighted by molar-refractivity contribution is -0.116. The summed E-state index contributed by atoms with van der Waals surface area (Å²) in [5, 5.41) is 8.36. The largest absolute Gasteiger partial charge is 0.454 e. The monoisotopic (exact) mass is 485 g/mol. The SMILES string of the molecule is CC1=C(C(=O)Nc2ccccn2)[C@@H](c2ccc3c(c2)OCO3)C2=C(C[C@H](c3cccs3)CC2=O)N1. The Balaban J connectivity index is 1.43. The fourth-order valence-corrected chi connectivity index (χ4v) is 5.94. The number of hydrogen-bond acceptors (Lipinski definition) is 7. The van der Waals surface area contributed by atoms with Crippen LogP contribution in [0.4, 0.5) is 5.82 Å². The second-order valence-electron chi connectivity index (χ2n) is 8.81. The maximum absolute atomic E-state index is 13.7. The van der Waals surface area contributed by atoms with Crippen LogP contribution in [0.3, 0.4) is 0 Å². The lowest BCUT2D eigenvalue weighted by atomic mass is 9.72. The predicted octanol–water partition coefficient (Wildman–Crippen LogP) is 4.87. The fourth-order valence-electron chi connectivity index (χ4n) is 5.11. The van der Waals surface area contributed by atoms with Crippen molar-refractivity contribution in [2.75, 3.05) is 12.1 Å². The molecule has 2 atom stereocenters. The molecule has 6 rings (SSSR count). The van der Waals surface area contributed by atoms with Gasteiger partial charge in [0.05, 0.1) is 0 Å². The first-order chi connectivity index (χ1) is 17.1. The Bertz CT molecular complexity index is 1380. The van der Waals surface area contributed by atoms with Crippen LogP contribution in [0.25, 0.3) is 0 Å². The maximum atomic E-state index is 13.7. The standard InChI is InChI=1S/C27H23N3O4S/c1-15-24(27(32)30-23-6-2-3-9-28-23)25(16-7-8-20-21(13-16)34-14-33-20)26-18(29-15)11-17(12-19(26)31)22-5-4-10-35-22/h2-10,13,17,25,29H,11-12,14H2,1H3,(H,28,30,32)/t17-,25+/m0/s1. The van der Waals surface area contributed by atoms with Gasteiger partial charge in [-0.1, -0.05) is 18.2 Å². The van der Waals surface area contributed by atoms with Gasteiger partial charge in [0.1, 0.15) is 5.82 Å². The molecule has 2 aromatic heterocycles. The minimum absolute atomic E-state index is 0.0513. The Labute approximate surface area is 206 Å². The van der Waals surface area contributed by atoms with E-state index in [1.165, 1.54) is 4.88 Å². The summed E-state index contributed by atoms with van der Waals surface area (Å²) < 4.78 is 11.1. The number of anilines is 1. The molecule has 0 radical (unpaired) electrons. The normalized spacial score (nSPS) is 21.0. The van der Waals surface area contributed by atoms with E-state index in [9.17, 15) is 9.59 Å². The molecule has 4 heterocycles. The molecule has 3 aliphatic rings. The van der Waals surface area contributed by atoms with Crippen molar-refractivity contribution in [2.45, 2.75) is 31.6 Å². The van der Waals surface area contributed by atoms with Crippen LogP contribution in [0, 0.1) is 0 Å². The molecule has 7 nitrogen and oxygen atoms in total. The molecule has 2 aliphatic heterocycles. The molecule has 3 aromatic rings. The number of nitrogens with zero attached hydrogens (tertiary/aromatic N) is 1. The van der Waals surface area contributed by atoms with E-state index in [1.807, 2.05) is 42.6 Å². The van der Waals surface area contributed by atoms with Crippen molar-refractivity contribution < 1.29 is 19.1 Å². The summed E-state index contributed by atoms with van der Waals surface area (Å²) in [6.07, 6.45) is 2.76. The van der Waals surface area contributed by atoms with E-state index in [0.29, 0.717) is 34.9 Å². The average molecular weight is 486 g/mol. The van der Waals surface area contributed by atoms with Crippen LogP contribution in [0.15, 0.2) is 82.6 Å². The van der Waals surface area contributed by atoms with Crippen LogP contribution in [0.1, 0.15) is 42.0 Å². The summed E-state index contributed by atoms with van der Waals surface area (Å²) in [6, 6.07) is 15.1. The topological polar surface area (TPSA) is 89.6 Å². The third-order valence-corrected chi connectivity index (χ3v) is 7.69. The number of nitrogens with one attached hydrogen (secondary N) is 2. The van der Waals surface area contributed by atoms with Crippen molar-refractivity contribution in [1.82, 2.24) is 10.3 Å². The van der Waals surface area contributed by atoms with Crippen molar-refractivity contribution in [3.63, 3.8) is 0 Å². The first-order valence-electron chi connectivity index (χ1n) is 11.5. The highest BCUT2D eigenvalue weighted by atomic mass is 32.1. The Morgan fingerprint density at radius 2 is 2.00 bits per heavy atom. The Hall–Kier alpha value is -3.91. The Morgan fingerprint density at radius 1 is 1.11 bits per heavy atom. The van der Waals surface area contributed by atoms with Gasteiger partial charge in [0.2, 0.25) is 6.79 Å². The number of hydrogen-bond donors (Lipinski definition) is 2. The Morgan fingerprint density at radius 3 is 2.80 bits per heavy atom. The first-order valence-corrected chi connectivity index (χ1v) is 12.4. The molecule has 35 heavy (non-hydrogen) atoms. The number of allylic oxidation sites excluding steroid dienone is 3. The van der Waals surface area contributed by atoms with Crippen molar-refractivity contribution in [3.05, 3.63) is 93.1 Å².